The Bertz CT molecular complexity index is 1270. The van der Waals surface area contributed by atoms with Gasteiger partial charge >= 0.3 is 6.18 Å². The minimum atomic E-state index is -4.66. The number of methoxy groups -OCH3 is 3. The van der Waals surface area contributed by atoms with Crippen LogP contribution in [-0.4, -0.2) is 41.5 Å². The second kappa shape index (κ2) is 9.14. The summed E-state index contributed by atoms with van der Waals surface area (Å²) in [5, 5.41) is 8.69. The van der Waals surface area contributed by atoms with Crippen molar-refractivity contribution in [1.82, 2.24) is 20.2 Å². The van der Waals surface area contributed by atoms with E-state index < -0.39 is 12.0 Å². The molecule has 0 atom stereocenters. The Morgan fingerprint density at radius 2 is 1.64 bits per heavy atom. The van der Waals surface area contributed by atoms with E-state index in [0.29, 0.717) is 28.2 Å². The molecule has 2 heterocycles. The SMILES string of the molecule is COc1cc(-c2nnc(CSc3nc(C(F)(F)F)nc4ccccc34)o2)cc(OC)c1OC. The van der Waals surface area contributed by atoms with Crippen LogP contribution in [0.5, 0.6) is 17.2 Å². The lowest BCUT2D eigenvalue weighted by Crippen LogP contribution is -2.11. The summed E-state index contributed by atoms with van der Waals surface area (Å²) in [5.41, 5.74) is 0.728. The van der Waals surface area contributed by atoms with Crippen LogP contribution in [0.4, 0.5) is 13.2 Å². The number of nitrogens with zero attached hydrogens (tertiary/aromatic N) is 4. The molecular weight excluding hydrogens is 461 g/mol. The highest BCUT2D eigenvalue weighted by Crippen LogP contribution is 2.41. The molecule has 2 aromatic heterocycles. The second-order valence-corrected chi connectivity index (χ2v) is 7.53. The molecule has 8 nitrogen and oxygen atoms in total. The monoisotopic (exact) mass is 478 g/mol. The highest BCUT2D eigenvalue weighted by atomic mass is 32.2. The predicted octanol–water partition coefficient (Wildman–Crippen LogP) is 5.02. The quantitative estimate of drug-likeness (QED) is 0.268. The Hall–Kier alpha value is -3.54. The van der Waals surface area contributed by atoms with Crippen molar-refractivity contribution in [2.24, 2.45) is 0 Å². The second-order valence-electron chi connectivity index (χ2n) is 6.57. The number of hydrogen-bond acceptors (Lipinski definition) is 9. The Morgan fingerprint density at radius 3 is 2.27 bits per heavy atom. The molecule has 0 saturated heterocycles. The molecule has 0 bridgehead atoms. The van der Waals surface area contributed by atoms with Crippen LogP contribution in [0.2, 0.25) is 0 Å². The van der Waals surface area contributed by atoms with Crippen molar-refractivity contribution >= 4 is 22.7 Å². The number of thioether (sulfide) groups is 1. The Labute approximate surface area is 190 Å². The van der Waals surface area contributed by atoms with E-state index in [1.54, 1.807) is 30.3 Å². The van der Waals surface area contributed by atoms with Crippen molar-refractivity contribution in [2.75, 3.05) is 21.3 Å². The normalized spacial score (nSPS) is 11.6. The molecular formula is C21H17F3N4O4S. The van der Waals surface area contributed by atoms with E-state index in [4.69, 9.17) is 18.6 Å². The molecule has 0 unspecified atom stereocenters. The lowest BCUT2D eigenvalue weighted by atomic mass is 10.2. The van der Waals surface area contributed by atoms with E-state index in [-0.39, 0.29) is 28.1 Å². The van der Waals surface area contributed by atoms with E-state index in [9.17, 15) is 13.2 Å². The largest absolute Gasteiger partial charge is 0.493 e. The van der Waals surface area contributed by atoms with E-state index in [1.165, 1.54) is 27.4 Å². The fraction of sp³-hybridized carbons (Fsp3) is 0.238. The van der Waals surface area contributed by atoms with E-state index in [2.05, 4.69) is 20.2 Å². The summed E-state index contributed by atoms with van der Waals surface area (Å²) in [6.07, 6.45) is -4.66. The third-order valence-electron chi connectivity index (χ3n) is 4.53. The van der Waals surface area contributed by atoms with Gasteiger partial charge in [-0.2, -0.15) is 13.2 Å². The van der Waals surface area contributed by atoms with Gasteiger partial charge in [0.2, 0.25) is 23.4 Å². The van der Waals surface area contributed by atoms with E-state index in [1.807, 2.05) is 0 Å². The van der Waals surface area contributed by atoms with Gasteiger partial charge in [0.15, 0.2) is 11.5 Å². The van der Waals surface area contributed by atoms with Crippen LogP contribution in [-0.2, 0) is 11.9 Å². The molecule has 12 heteroatoms. The molecule has 4 aromatic rings. The first-order valence-electron chi connectivity index (χ1n) is 9.43. The van der Waals surface area contributed by atoms with Crippen LogP contribution in [0.25, 0.3) is 22.4 Å². The van der Waals surface area contributed by atoms with Gasteiger partial charge in [0.05, 0.1) is 32.6 Å². The van der Waals surface area contributed by atoms with E-state index in [0.717, 1.165) is 11.8 Å². The number of benzene rings is 2. The zero-order chi connectivity index (χ0) is 23.6. The number of alkyl halides is 3. The van der Waals surface area contributed by atoms with Gasteiger partial charge in [-0.05, 0) is 18.2 Å². The molecule has 0 amide bonds. The molecule has 0 aliphatic heterocycles. The number of hydrogen-bond donors (Lipinski definition) is 0. The van der Waals surface area contributed by atoms with Gasteiger partial charge in [-0.3, -0.25) is 0 Å². The maximum atomic E-state index is 13.2. The first-order chi connectivity index (χ1) is 15.8. The Morgan fingerprint density at radius 1 is 0.939 bits per heavy atom. The molecule has 0 spiro atoms. The van der Waals surface area contributed by atoms with Gasteiger partial charge < -0.3 is 18.6 Å². The summed E-state index contributed by atoms with van der Waals surface area (Å²) < 4.78 is 61.3. The molecule has 0 aliphatic carbocycles. The summed E-state index contributed by atoms with van der Waals surface area (Å²) in [5.74, 6) is 0.535. The average Bonchev–Trinajstić information content (AvgIpc) is 3.29. The van der Waals surface area contributed by atoms with Crippen molar-refractivity contribution in [3.05, 3.63) is 48.1 Å². The van der Waals surface area contributed by atoms with Crippen molar-refractivity contribution in [3.63, 3.8) is 0 Å². The summed E-state index contributed by atoms with van der Waals surface area (Å²) in [6.45, 7) is 0. The number of para-hydroxylation sites is 1. The zero-order valence-corrected chi connectivity index (χ0v) is 18.5. The fourth-order valence-electron chi connectivity index (χ4n) is 3.05. The van der Waals surface area contributed by atoms with Crippen LogP contribution in [0.3, 0.4) is 0 Å². The molecule has 0 radical (unpaired) electrons. The molecule has 172 valence electrons. The van der Waals surface area contributed by atoms with Crippen LogP contribution >= 0.6 is 11.8 Å². The lowest BCUT2D eigenvalue weighted by molar-refractivity contribution is -0.145. The van der Waals surface area contributed by atoms with Crippen molar-refractivity contribution in [3.8, 4) is 28.7 Å². The molecule has 0 saturated carbocycles. The predicted molar refractivity (Wildman–Crippen MR) is 113 cm³/mol. The summed E-state index contributed by atoms with van der Waals surface area (Å²) in [7, 11) is 4.46. The van der Waals surface area contributed by atoms with Crippen molar-refractivity contribution < 1.29 is 31.8 Å². The molecule has 4 rings (SSSR count). The van der Waals surface area contributed by atoms with Crippen LogP contribution in [0, 0.1) is 0 Å². The van der Waals surface area contributed by atoms with Gasteiger partial charge in [0, 0.05) is 10.9 Å². The molecule has 0 N–H and O–H groups in total. The van der Waals surface area contributed by atoms with Gasteiger partial charge in [0.1, 0.15) is 5.03 Å². The highest BCUT2D eigenvalue weighted by Gasteiger charge is 2.35. The number of rotatable bonds is 7. The zero-order valence-electron chi connectivity index (χ0n) is 17.6. The first kappa shape index (κ1) is 22.6. The third kappa shape index (κ3) is 4.65. The van der Waals surface area contributed by atoms with Crippen LogP contribution in [0.15, 0.2) is 45.8 Å². The number of halogens is 3. The standard InChI is InChI=1S/C21H17F3N4O4S/c1-29-14-8-11(9-15(30-2)17(14)31-3)18-28-27-16(32-18)10-33-19-12-6-4-5-7-13(12)25-20(26-19)21(22,23)24/h4-9H,10H2,1-3H3. The Balaban J connectivity index is 1.62. The summed E-state index contributed by atoms with van der Waals surface area (Å²) in [6, 6.07) is 9.79. The molecule has 2 aromatic carbocycles. The van der Waals surface area contributed by atoms with Crippen molar-refractivity contribution in [2.45, 2.75) is 17.0 Å². The summed E-state index contributed by atoms with van der Waals surface area (Å²) in [4.78, 5) is 7.32. The summed E-state index contributed by atoms with van der Waals surface area (Å²) >= 11 is 1.05. The minimum absolute atomic E-state index is 0.107. The number of aromatic nitrogens is 4. The van der Waals surface area contributed by atoms with Gasteiger partial charge in [0.25, 0.3) is 0 Å². The first-order valence-corrected chi connectivity index (χ1v) is 10.4. The maximum absolute atomic E-state index is 13.2. The minimum Gasteiger partial charge on any atom is -0.493 e. The smallest absolute Gasteiger partial charge is 0.451 e. The third-order valence-corrected chi connectivity index (χ3v) is 5.51. The average molecular weight is 478 g/mol. The Kier molecular flexibility index (Phi) is 6.27. The van der Waals surface area contributed by atoms with Gasteiger partial charge in [-0.1, -0.05) is 30.0 Å². The maximum Gasteiger partial charge on any atom is 0.451 e. The number of ether oxygens (including phenoxy) is 3. The fourth-order valence-corrected chi connectivity index (χ4v) is 3.90. The topological polar surface area (TPSA) is 92.4 Å². The van der Waals surface area contributed by atoms with Crippen LogP contribution in [0.1, 0.15) is 11.7 Å². The molecule has 0 fully saturated rings. The van der Waals surface area contributed by atoms with Gasteiger partial charge in [-0.15, -0.1) is 10.2 Å². The molecule has 33 heavy (non-hydrogen) atoms. The van der Waals surface area contributed by atoms with Gasteiger partial charge in [-0.25, -0.2) is 9.97 Å². The highest BCUT2D eigenvalue weighted by molar-refractivity contribution is 7.98. The number of fused-ring (bicyclic) bond motifs is 1. The van der Waals surface area contributed by atoms with Crippen molar-refractivity contribution in [1.29, 1.82) is 0 Å². The van der Waals surface area contributed by atoms with E-state index >= 15 is 0 Å². The lowest BCUT2D eigenvalue weighted by Gasteiger charge is -2.12. The molecule has 0 aliphatic rings. The van der Waals surface area contributed by atoms with Crippen LogP contribution < -0.4 is 14.2 Å².